The zero-order chi connectivity index (χ0) is 13.9. The summed E-state index contributed by atoms with van der Waals surface area (Å²) >= 11 is 0. The largest absolute Gasteiger partial charge is 0.378 e. The second-order valence-electron chi connectivity index (χ2n) is 6.84. The van der Waals surface area contributed by atoms with Crippen LogP contribution in [0.15, 0.2) is 0 Å². The predicted molar refractivity (Wildman–Crippen MR) is 80.4 cm³/mol. The topological polar surface area (TPSA) is 24.5 Å². The van der Waals surface area contributed by atoms with Crippen molar-refractivity contribution in [2.75, 3.05) is 32.8 Å². The van der Waals surface area contributed by atoms with Crippen LogP contribution < -0.4 is 5.32 Å². The van der Waals surface area contributed by atoms with Gasteiger partial charge in [-0.05, 0) is 58.3 Å². The van der Waals surface area contributed by atoms with Crippen molar-refractivity contribution in [3.63, 3.8) is 0 Å². The summed E-state index contributed by atoms with van der Waals surface area (Å²) < 4.78 is 5.80. The Hall–Kier alpha value is -0.120. The van der Waals surface area contributed by atoms with Gasteiger partial charge < -0.3 is 15.0 Å². The summed E-state index contributed by atoms with van der Waals surface area (Å²) in [4.78, 5) is 2.56. The third kappa shape index (κ3) is 3.50. The molecule has 112 valence electrons. The van der Waals surface area contributed by atoms with E-state index in [0.717, 1.165) is 12.5 Å². The zero-order valence-electron chi connectivity index (χ0n) is 13.2. The number of nitrogens with one attached hydrogen (secondary N) is 1. The number of piperidine rings is 1. The Morgan fingerprint density at radius 3 is 2.42 bits per heavy atom. The number of ether oxygens (including phenoxy) is 1. The molecule has 2 aliphatic rings. The molecule has 1 aliphatic heterocycles. The Labute approximate surface area is 119 Å². The number of hydrogen-bond donors (Lipinski definition) is 1. The molecule has 1 N–H and O–H groups in total. The van der Waals surface area contributed by atoms with E-state index in [1.165, 1.54) is 45.4 Å². The smallest absolute Gasteiger partial charge is 0.0655 e. The van der Waals surface area contributed by atoms with E-state index in [1.54, 1.807) is 0 Å². The third-order valence-electron chi connectivity index (χ3n) is 5.35. The van der Waals surface area contributed by atoms with Gasteiger partial charge in [-0.15, -0.1) is 0 Å². The molecule has 0 bridgehead atoms. The van der Waals surface area contributed by atoms with E-state index in [4.69, 9.17) is 4.74 Å². The van der Waals surface area contributed by atoms with Crippen LogP contribution in [0.3, 0.4) is 0 Å². The van der Waals surface area contributed by atoms with E-state index >= 15 is 0 Å². The van der Waals surface area contributed by atoms with Crippen molar-refractivity contribution >= 4 is 0 Å². The Morgan fingerprint density at radius 2 is 1.89 bits per heavy atom. The second-order valence-corrected chi connectivity index (χ2v) is 6.84. The molecule has 0 aromatic heterocycles. The van der Waals surface area contributed by atoms with Crippen molar-refractivity contribution < 1.29 is 4.74 Å². The first-order chi connectivity index (χ1) is 9.07. The third-order valence-corrected chi connectivity index (χ3v) is 5.35. The van der Waals surface area contributed by atoms with Gasteiger partial charge in [0.2, 0.25) is 0 Å². The molecule has 1 heterocycles. The van der Waals surface area contributed by atoms with Gasteiger partial charge in [-0.1, -0.05) is 20.8 Å². The molecular formula is C16H32N2O. The van der Waals surface area contributed by atoms with E-state index in [9.17, 15) is 0 Å². The van der Waals surface area contributed by atoms with E-state index in [-0.39, 0.29) is 0 Å². The summed E-state index contributed by atoms with van der Waals surface area (Å²) in [7, 11) is 0. The van der Waals surface area contributed by atoms with Crippen LogP contribution in [-0.2, 0) is 4.74 Å². The number of likely N-dealkylation sites (tertiary alicyclic amines) is 1. The van der Waals surface area contributed by atoms with Gasteiger partial charge in [-0.2, -0.15) is 0 Å². The second kappa shape index (κ2) is 6.55. The van der Waals surface area contributed by atoms with Crippen molar-refractivity contribution in [1.82, 2.24) is 10.2 Å². The van der Waals surface area contributed by atoms with Gasteiger partial charge in [0.25, 0.3) is 0 Å². The van der Waals surface area contributed by atoms with Gasteiger partial charge >= 0.3 is 0 Å². The number of rotatable bonds is 6. The van der Waals surface area contributed by atoms with Crippen molar-refractivity contribution in [3.8, 4) is 0 Å². The molecule has 3 nitrogen and oxygen atoms in total. The minimum absolute atomic E-state index is 0.306. The lowest BCUT2D eigenvalue weighted by molar-refractivity contribution is -0.114. The minimum atomic E-state index is 0.306. The molecule has 0 radical (unpaired) electrons. The summed E-state index contributed by atoms with van der Waals surface area (Å²) in [6, 6.07) is 0.647. The molecule has 2 fully saturated rings. The van der Waals surface area contributed by atoms with Gasteiger partial charge in [0, 0.05) is 18.1 Å². The van der Waals surface area contributed by atoms with Crippen LogP contribution in [0.4, 0.5) is 0 Å². The average Bonchev–Trinajstić information content (AvgIpc) is 2.42. The fraction of sp³-hybridized carbons (Fsp3) is 1.00. The molecule has 0 spiro atoms. The van der Waals surface area contributed by atoms with Gasteiger partial charge in [-0.25, -0.2) is 0 Å². The van der Waals surface area contributed by atoms with Gasteiger partial charge in [-0.3, -0.25) is 0 Å². The molecule has 1 saturated heterocycles. The molecule has 1 saturated carbocycles. The first-order valence-electron chi connectivity index (χ1n) is 8.15. The number of nitrogens with zero attached hydrogens (tertiary/aromatic N) is 1. The fourth-order valence-corrected chi connectivity index (χ4v) is 3.53. The highest BCUT2D eigenvalue weighted by atomic mass is 16.5. The Balaban J connectivity index is 1.67. The lowest BCUT2D eigenvalue weighted by Crippen LogP contribution is -2.61. The molecule has 3 heteroatoms. The summed E-state index contributed by atoms with van der Waals surface area (Å²) in [5.74, 6) is 0.879. The van der Waals surface area contributed by atoms with Crippen molar-refractivity contribution in [2.45, 2.75) is 59.1 Å². The highest BCUT2D eigenvalue weighted by Crippen LogP contribution is 2.42. The first kappa shape index (κ1) is 15.3. The molecular weight excluding hydrogens is 236 g/mol. The molecule has 19 heavy (non-hydrogen) atoms. The van der Waals surface area contributed by atoms with Crippen LogP contribution in [-0.4, -0.2) is 49.8 Å². The lowest BCUT2D eigenvalue weighted by Gasteiger charge is -2.52. The molecule has 0 aromatic carbocycles. The normalized spacial score (nSPS) is 32.2. The Kier molecular flexibility index (Phi) is 5.27. The Morgan fingerprint density at radius 1 is 1.21 bits per heavy atom. The van der Waals surface area contributed by atoms with Crippen LogP contribution in [0.5, 0.6) is 0 Å². The molecule has 2 rings (SSSR count). The lowest BCUT2D eigenvalue weighted by atomic mass is 9.64. The van der Waals surface area contributed by atoms with E-state index < -0.39 is 0 Å². The van der Waals surface area contributed by atoms with Crippen molar-refractivity contribution in [2.24, 2.45) is 11.3 Å². The summed E-state index contributed by atoms with van der Waals surface area (Å²) in [6.07, 6.45) is 4.37. The van der Waals surface area contributed by atoms with Crippen LogP contribution in [0.1, 0.15) is 47.0 Å². The molecule has 2 atom stereocenters. The van der Waals surface area contributed by atoms with Gasteiger partial charge in [0.15, 0.2) is 0 Å². The van der Waals surface area contributed by atoms with Crippen molar-refractivity contribution in [3.05, 3.63) is 0 Å². The van der Waals surface area contributed by atoms with Gasteiger partial charge in [0.1, 0.15) is 0 Å². The minimum Gasteiger partial charge on any atom is -0.378 e. The van der Waals surface area contributed by atoms with Crippen LogP contribution in [0.2, 0.25) is 0 Å². The van der Waals surface area contributed by atoms with E-state index in [0.29, 0.717) is 17.6 Å². The number of hydrogen-bond acceptors (Lipinski definition) is 3. The summed E-state index contributed by atoms with van der Waals surface area (Å²) in [5.41, 5.74) is 0.306. The SMILES string of the molecule is CCOC1CC(NCC2CCN(CC)CC2)C1(C)C. The average molecular weight is 268 g/mol. The predicted octanol–water partition coefficient (Wildman–Crippen LogP) is 2.51. The highest BCUT2D eigenvalue weighted by Gasteiger charge is 2.48. The maximum Gasteiger partial charge on any atom is 0.0655 e. The summed E-state index contributed by atoms with van der Waals surface area (Å²) in [5, 5.41) is 3.80. The molecule has 0 aromatic rings. The summed E-state index contributed by atoms with van der Waals surface area (Å²) in [6.45, 7) is 14.9. The maximum atomic E-state index is 5.80. The molecule has 1 aliphatic carbocycles. The molecule has 2 unspecified atom stereocenters. The zero-order valence-corrected chi connectivity index (χ0v) is 13.2. The molecule has 0 amide bonds. The Bertz CT molecular complexity index is 272. The van der Waals surface area contributed by atoms with Crippen LogP contribution in [0.25, 0.3) is 0 Å². The standard InChI is InChI=1S/C16H32N2O/c1-5-18-9-7-13(8-10-18)12-17-14-11-15(19-6-2)16(14,3)4/h13-15,17H,5-12H2,1-4H3. The highest BCUT2D eigenvalue weighted by molar-refractivity contribution is 5.02. The quantitative estimate of drug-likeness (QED) is 0.801. The van der Waals surface area contributed by atoms with Gasteiger partial charge in [0.05, 0.1) is 6.10 Å². The van der Waals surface area contributed by atoms with E-state index in [1.807, 2.05) is 0 Å². The van der Waals surface area contributed by atoms with E-state index in [2.05, 4.69) is 37.9 Å². The monoisotopic (exact) mass is 268 g/mol. The maximum absolute atomic E-state index is 5.80. The van der Waals surface area contributed by atoms with Crippen LogP contribution >= 0.6 is 0 Å². The van der Waals surface area contributed by atoms with Crippen molar-refractivity contribution in [1.29, 1.82) is 0 Å². The first-order valence-corrected chi connectivity index (χ1v) is 8.15. The fourth-order valence-electron chi connectivity index (χ4n) is 3.53. The van der Waals surface area contributed by atoms with Crippen LogP contribution in [0, 0.1) is 11.3 Å².